The van der Waals surface area contributed by atoms with Gasteiger partial charge in [0.05, 0.1) is 23.1 Å². The van der Waals surface area contributed by atoms with Crippen LogP contribution in [0.25, 0.3) is 50.0 Å². The van der Waals surface area contributed by atoms with E-state index in [1.807, 2.05) is 6.07 Å². The molecule has 7 aromatic rings. The average Bonchev–Trinajstić information content (AvgIpc) is 3.73. The maximum absolute atomic E-state index is 6.59. The van der Waals surface area contributed by atoms with Crippen molar-refractivity contribution in [2.24, 2.45) is 4.99 Å². The molecule has 5 heteroatoms. The highest BCUT2D eigenvalue weighted by Gasteiger charge is 2.38. The molecule has 3 atom stereocenters. The van der Waals surface area contributed by atoms with Gasteiger partial charge in [-0.25, -0.2) is 4.99 Å². The number of furan rings is 1. The zero-order valence-corrected chi connectivity index (χ0v) is 26.4. The number of aromatic nitrogens is 1. The van der Waals surface area contributed by atoms with Gasteiger partial charge >= 0.3 is 0 Å². The molecular formula is C42H34N4O. The maximum atomic E-state index is 6.59. The van der Waals surface area contributed by atoms with Gasteiger partial charge in [-0.1, -0.05) is 117 Å². The molecule has 47 heavy (non-hydrogen) atoms. The van der Waals surface area contributed by atoms with Crippen molar-refractivity contribution in [2.45, 2.75) is 44.1 Å². The van der Waals surface area contributed by atoms with Crippen LogP contribution in [0.1, 0.15) is 60.5 Å². The molecule has 3 aliphatic rings. The van der Waals surface area contributed by atoms with Gasteiger partial charge in [0.25, 0.3) is 0 Å². The predicted molar refractivity (Wildman–Crippen MR) is 192 cm³/mol. The van der Waals surface area contributed by atoms with E-state index < -0.39 is 0 Å². The lowest BCUT2D eigenvalue weighted by Gasteiger charge is -2.37. The molecular weight excluding hydrogens is 576 g/mol. The first-order chi connectivity index (χ1) is 23.1. The molecule has 0 bridgehead atoms. The van der Waals surface area contributed by atoms with Crippen LogP contribution in [0.2, 0.25) is 0 Å². The van der Waals surface area contributed by atoms with E-state index in [-0.39, 0.29) is 23.8 Å². The second kappa shape index (κ2) is 9.81. The van der Waals surface area contributed by atoms with Crippen LogP contribution in [0.5, 0.6) is 0 Å². The summed E-state index contributed by atoms with van der Waals surface area (Å²) < 4.78 is 9.01. The smallest absolute Gasteiger partial charge is 0.184 e. The van der Waals surface area contributed by atoms with Gasteiger partial charge < -0.3 is 14.3 Å². The highest BCUT2D eigenvalue weighted by molar-refractivity contribution is 6.11. The standard InChI is InChI=1S/C42H34N4O/c1-42(2)33-20-9-6-15-26(33)31-23-32-27-16-7-10-21-35(27)46(36(32)24-34(31)42)41-44-39(25-13-4-3-5-14-25)43-40(45-41)30-19-12-18-29-28-17-8-11-22-37(28)47-38(29)30/h3-18,20-24,30,40-41,45H,19H2,1-2H3,(H,43,44). The quantitative estimate of drug-likeness (QED) is 0.210. The fraction of sp³-hybridized carbons (Fsp3) is 0.167. The largest absolute Gasteiger partial charge is 0.460 e. The third kappa shape index (κ3) is 3.84. The monoisotopic (exact) mass is 610 g/mol. The Balaban J connectivity index is 1.18. The third-order valence-corrected chi connectivity index (χ3v) is 10.7. The van der Waals surface area contributed by atoms with Crippen molar-refractivity contribution in [1.82, 2.24) is 15.2 Å². The molecule has 0 radical (unpaired) electrons. The molecule has 0 spiro atoms. The van der Waals surface area contributed by atoms with Crippen molar-refractivity contribution in [2.75, 3.05) is 0 Å². The molecule has 3 heterocycles. The molecule has 1 aliphatic heterocycles. The van der Waals surface area contributed by atoms with Crippen molar-refractivity contribution in [1.29, 1.82) is 0 Å². The first kappa shape index (κ1) is 26.8. The summed E-state index contributed by atoms with van der Waals surface area (Å²) >= 11 is 0. The predicted octanol–water partition coefficient (Wildman–Crippen LogP) is 9.47. The van der Waals surface area contributed by atoms with Crippen LogP contribution in [0, 0.1) is 0 Å². The van der Waals surface area contributed by atoms with E-state index in [0.717, 1.165) is 34.5 Å². The Labute approximate surface area is 273 Å². The Morgan fingerprint density at radius 1 is 0.745 bits per heavy atom. The van der Waals surface area contributed by atoms with Crippen molar-refractivity contribution in [3.8, 4) is 11.1 Å². The number of para-hydroxylation sites is 2. The Morgan fingerprint density at radius 2 is 1.51 bits per heavy atom. The van der Waals surface area contributed by atoms with Gasteiger partial charge in [-0.15, -0.1) is 0 Å². The zero-order valence-electron chi connectivity index (χ0n) is 26.4. The number of amidine groups is 1. The number of nitrogens with zero attached hydrogens (tertiary/aromatic N) is 2. The molecule has 5 nitrogen and oxygen atoms in total. The van der Waals surface area contributed by atoms with E-state index in [2.05, 4.69) is 150 Å². The number of benzene rings is 5. The Hall–Kier alpha value is -5.39. The second-order valence-electron chi connectivity index (χ2n) is 13.6. The zero-order chi connectivity index (χ0) is 31.3. The van der Waals surface area contributed by atoms with E-state index in [4.69, 9.17) is 9.41 Å². The van der Waals surface area contributed by atoms with Crippen molar-refractivity contribution in [3.05, 3.63) is 149 Å². The fourth-order valence-corrected chi connectivity index (χ4v) is 8.36. The van der Waals surface area contributed by atoms with Crippen LogP contribution in [0.3, 0.4) is 0 Å². The summed E-state index contributed by atoms with van der Waals surface area (Å²) in [6, 6.07) is 41.3. The Bertz CT molecular complexity index is 2440. The van der Waals surface area contributed by atoms with Gasteiger partial charge in [0.2, 0.25) is 0 Å². The van der Waals surface area contributed by atoms with Crippen molar-refractivity contribution >= 4 is 44.7 Å². The van der Waals surface area contributed by atoms with Crippen LogP contribution in [0.15, 0.2) is 131 Å². The van der Waals surface area contributed by atoms with E-state index in [9.17, 15) is 0 Å². The summed E-state index contributed by atoms with van der Waals surface area (Å²) in [6.45, 7) is 4.70. The second-order valence-corrected chi connectivity index (χ2v) is 13.6. The summed E-state index contributed by atoms with van der Waals surface area (Å²) in [4.78, 5) is 5.42. The lowest BCUT2D eigenvalue weighted by atomic mass is 9.82. The minimum Gasteiger partial charge on any atom is -0.460 e. The first-order valence-corrected chi connectivity index (χ1v) is 16.6. The third-order valence-electron chi connectivity index (χ3n) is 10.7. The van der Waals surface area contributed by atoms with Crippen molar-refractivity contribution in [3.63, 3.8) is 0 Å². The maximum Gasteiger partial charge on any atom is 0.184 e. The summed E-state index contributed by atoms with van der Waals surface area (Å²) in [5, 5.41) is 11.4. The van der Waals surface area contributed by atoms with Crippen LogP contribution >= 0.6 is 0 Å². The van der Waals surface area contributed by atoms with E-state index >= 15 is 0 Å². The molecule has 228 valence electrons. The van der Waals surface area contributed by atoms with Crippen LogP contribution in [0.4, 0.5) is 0 Å². The SMILES string of the molecule is CC1(C)c2ccccc2-c2cc3c4ccccc4n(C4N=C(c5ccccc5)NC(C5CC=Cc6c5oc5ccccc65)N4)c3cc21. The van der Waals surface area contributed by atoms with Gasteiger partial charge in [-0.3, -0.25) is 5.32 Å². The molecule has 5 aromatic carbocycles. The van der Waals surface area contributed by atoms with E-state index in [0.29, 0.717) is 0 Å². The summed E-state index contributed by atoms with van der Waals surface area (Å²) in [5.74, 6) is 1.97. The normalized spacial score (nSPS) is 21.0. The van der Waals surface area contributed by atoms with E-state index in [1.165, 1.54) is 49.6 Å². The van der Waals surface area contributed by atoms with Crippen LogP contribution in [-0.4, -0.2) is 16.6 Å². The lowest BCUT2D eigenvalue weighted by Crippen LogP contribution is -2.55. The molecule has 10 rings (SSSR count). The minimum absolute atomic E-state index is 0.0740. The average molecular weight is 611 g/mol. The number of aliphatic imine (C=N–C) groups is 1. The van der Waals surface area contributed by atoms with Crippen LogP contribution in [-0.2, 0) is 5.41 Å². The number of hydrogen-bond donors (Lipinski definition) is 2. The molecule has 2 aromatic heterocycles. The fourth-order valence-electron chi connectivity index (χ4n) is 8.36. The van der Waals surface area contributed by atoms with Gasteiger partial charge in [-0.2, -0.15) is 0 Å². The van der Waals surface area contributed by atoms with Crippen LogP contribution < -0.4 is 10.6 Å². The number of hydrogen-bond acceptors (Lipinski definition) is 4. The summed E-state index contributed by atoms with van der Waals surface area (Å²) in [6.07, 6.45) is 4.90. The highest BCUT2D eigenvalue weighted by atomic mass is 16.3. The Kier molecular flexibility index (Phi) is 5.59. The number of fused-ring (bicyclic) bond motifs is 9. The molecule has 2 aliphatic carbocycles. The van der Waals surface area contributed by atoms with Gasteiger partial charge in [-0.05, 0) is 52.9 Å². The highest BCUT2D eigenvalue weighted by Crippen LogP contribution is 2.51. The molecule has 0 saturated heterocycles. The Morgan fingerprint density at radius 3 is 2.40 bits per heavy atom. The molecule has 0 fully saturated rings. The van der Waals surface area contributed by atoms with Gasteiger partial charge in [0, 0.05) is 32.7 Å². The number of allylic oxidation sites excluding steroid dienone is 1. The molecule has 2 N–H and O–H groups in total. The van der Waals surface area contributed by atoms with Gasteiger partial charge in [0.15, 0.2) is 6.29 Å². The number of rotatable bonds is 3. The number of nitrogens with one attached hydrogen (secondary N) is 2. The summed E-state index contributed by atoms with van der Waals surface area (Å²) in [7, 11) is 0. The summed E-state index contributed by atoms with van der Waals surface area (Å²) in [5.41, 5.74) is 10.8. The molecule has 0 amide bonds. The molecule has 3 unspecified atom stereocenters. The van der Waals surface area contributed by atoms with Crippen molar-refractivity contribution < 1.29 is 4.42 Å². The topological polar surface area (TPSA) is 54.5 Å². The van der Waals surface area contributed by atoms with E-state index in [1.54, 1.807) is 0 Å². The first-order valence-electron chi connectivity index (χ1n) is 16.6. The molecule has 0 saturated carbocycles. The van der Waals surface area contributed by atoms with Gasteiger partial charge in [0.1, 0.15) is 17.2 Å². The minimum atomic E-state index is -0.345. The lowest BCUT2D eigenvalue weighted by molar-refractivity contribution is 0.281.